The minimum Gasteiger partial charge on any atom is -0.508 e. The number of rotatable bonds is 11. The molecule has 0 bridgehead atoms. The molecule has 11 heteroatoms. The Bertz CT molecular complexity index is 1090. The van der Waals surface area contributed by atoms with Crippen molar-refractivity contribution < 1.29 is 39.6 Å². The molecule has 0 amide bonds. The third-order valence-corrected chi connectivity index (χ3v) is 5.01. The van der Waals surface area contributed by atoms with E-state index in [-0.39, 0.29) is 46.6 Å². The van der Waals surface area contributed by atoms with Gasteiger partial charge in [-0.3, -0.25) is 19.2 Å². The van der Waals surface area contributed by atoms with Crippen LogP contribution in [0.25, 0.3) is 0 Å². The second-order valence-corrected chi connectivity index (χ2v) is 7.58. The van der Waals surface area contributed by atoms with Crippen molar-refractivity contribution in [3.05, 3.63) is 58.7 Å². The average molecular weight is 459 g/mol. The highest BCUT2D eigenvalue weighted by Gasteiger charge is 2.26. The molecule has 0 saturated heterocycles. The fourth-order valence-electron chi connectivity index (χ4n) is 3.22. The van der Waals surface area contributed by atoms with Crippen LogP contribution in [0.2, 0.25) is 0 Å². The van der Waals surface area contributed by atoms with Gasteiger partial charge in [-0.05, 0) is 48.2 Å². The molecule has 0 spiro atoms. The first-order valence-electron chi connectivity index (χ1n) is 9.84. The molecule has 3 unspecified atom stereocenters. The maximum Gasteiger partial charge on any atom is 0.320 e. The lowest BCUT2D eigenvalue weighted by atomic mass is 9.90. The molecule has 3 atom stereocenters. The highest BCUT2D eigenvalue weighted by Crippen LogP contribution is 2.23. The number of hydrogen-bond donors (Lipinski definition) is 7. The molecule has 0 heterocycles. The van der Waals surface area contributed by atoms with Gasteiger partial charge in [0.15, 0.2) is 11.6 Å². The summed E-state index contributed by atoms with van der Waals surface area (Å²) in [5, 5.41) is 37.6. The van der Waals surface area contributed by atoms with E-state index in [0.717, 1.165) is 12.1 Å². The van der Waals surface area contributed by atoms with Crippen LogP contribution in [0.5, 0.6) is 11.5 Å². The molecule has 0 aromatic heterocycles. The van der Waals surface area contributed by atoms with Gasteiger partial charge in [0.2, 0.25) is 0 Å². The Morgan fingerprint density at radius 2 is 1.12 bits per heavy atom. The number of carbonyl (C=O) groups excluding carboxylic acids is 2. The van der Waals surface area contributed by atoms with Crippen molar-refractivity contribution in [1.29, 1.82) is 0 Å². The van der Waals surface area contributed by atoms with Crippen LogP contribution in [0.4, 0.5) is 0 Å². The molecule has 0 aliphatic carbocycles. The van der Waals surface area contributed by atoms with E-state index in [2.05, 4.69) is 0 Å². The Kier molecular flexibility index (Phi) is 8.24. The largest absolute Gasteiger partial charge is 0.508 e. The second-order valence-electron chi connectivity index (χ2n) is 7.58. The van der Waals surface area contributed by atoms with Gasteiger partial charge in [0.1, 0.15) is 23.6 Å². The summed E-state index contributed by atoms with van der Waals surface area (Å²) in [5.74, 6) is -4.42. The number of aromatic hydroxyl groups is 2. The van der Waals surface area contributed by atoms with Crippen LogP contribution in [0, 0.1) is 0 Å². The summed E-state index contributed by atoms with van der Waals surface area (Å²) in [6, 6.07) is 3.54. The summed E-state index contributed by atoms with van der Waals surface area (Å²) in [6.07, 6.45) is -0.900. The summed E-state index contributed by atoms with van der Waals surface area (Å²) in [6.45, 7) is 0. The van der Waals surface area contributed by atoms with Crippen molar-refractivity contribution >= 4 is 23.5 Å². The molecule has 2 rings (SSSR count). The molecule has 0 aliphatic rings. The van der Waals surface area contributed by atoms with Crippen molar-refractivity contribution in [2.75, 3.05) is 0 Å². The van der Waals surface area contributed by atoms with Gasteiger partial charge >= 0.3 is 11.9 Å². The number of carboxylic acids is 2. The molecule has 176 valence electrons. The normalized spacial score (nSPS) is 13.7. The van der Waals surface area contributed by atoms with Gasteiger partial charge in [-0.1, -0.05) is 12.1 Å². The minimum atomic E-state index is -1.37. The molecule has 11 nitrogen and oxygen atoms in total. The molecule has 10 N–H and O–H groups in total. The van der Waals surface area contributed by atoms with Crippen molar-refractivity contribution in [2.45, 2.75) is 37.4 Å². The van der Waals surface area contributed by atoms with Crippen LogP contribution in [0.15, 0.2) is 36.4 Å². The zero-order valence-corrected chi connectivity index (χ0v) is 17.5. The Morgan fingerprint density at radius 3 is 1.58 bits per heavy atom. The van der Waals surface area contributed by atoms with E-state index < -0.39 is 48.1 Å². The zero-order chi connectivity index (χ0) is 24.9. The molecule has 0 radical (unpaired) electrons. The summed E-state index contributed by atoms with van der Waals surface area (Å²) in [4.78, 5) is 47.9. The third kappa shape index (κ3) is 6.59. The highest BCUT2D eigenvalue weighted by atomic mass is 16.4. The number of aliphatic carboxylic acids is 2. The number of phenols is 2. The molecule has 0 fully saturated rings. The number of phenolic OH excluding ortho intramolecular Hbond substituents is 2. The second kappa shape index (κ2) is 10.7. The van der Waals surface area contributed by atoms with Gasteiger partial charge in [-0.2, -0.15) is 0 Å². The zero-order valence-electron chi connectivity index (χ0n) is 17.5. The number of carboxylic acid groups (broad SMARTS) is 2. The maximum atomic E-state index is 12.9. The summed E-state index contributed by atoms with van der Waals surface area (Å²) >= 11 is 0. The van der Waals surface area contributed by atoms with Crippen LogP contribution in [0.1, 0.15) is 38.3 Å². The number of hydrogen-bond acceptors (Lipinski definition) is 9. The predicted octanol–water partition coefficient (Wildman–Crippen LogP) is -0.210. The van der Waals surface area contributed by atoms with Gasteiger partial charge in [0.05, 0.1) is 6.04 Å². The fraction of sp³-hybridized carbons (Fsp3) is 0.273. The Morgan fingerprint density at radius 1 is 0.697 bits per heavy atom. The fourth-order valence-corrected chi connectivity index (χ4v) is 3.22. The predicted molar refractivity (Wildman–Crippen MR) is 116 cm³/mol. The lowest BCUT2D eigenvalue weighted by Crippen LogP contribution is -2.36. The quantitative estimate of drug-likeness (QED) is 0.217. The first-order chi connectivity index (χ1) is 15.4. The van der Waals surface area contributed by atoms with Gasteiger partial charge in [-0.15, -0.1) is 0 Å². The lowest BCUT2D eigenvalue weighted by molar-refractivity contribution is -0.139. The van der Waals surface area contributed by atoms with Gasteiger partial charge in [0, 0.05) is 17.5 Å². The van der Waals surface area contributed by atoms with Crippen molar-refractivity contribution in [3.63, 3.8) is 0 Å². The van der Waals surface area contributed by atoms with E-state index in [0.29, 0.717) is 0 Å². The molecule has 0 saturated carbocycles. The van der Waals surface area contributed by atoms with E-state index in [4.69, 9.17) is 27.4 Å². The number of carbonyl (C=O) groups is 4. The Hall–Kier alpha value is -3.80. The number of ketones is 2. The number of Topliss-reactive ketones (excluding diaryl/α,β-unsaturated/α-hetero) is 2. The Labute approximate surface area is 188 Å². The van der Waals surface area contributed by atoms with Gasteiger partial charge in [-0.25, -0.2) is 0 Å². The maximum absolute atomic E-state index is 12.9. The molecular formula is C22H25N3O8. The van der Waals surface area contributed by atoms with Crippen LogP contribution >= 0.6 is 0 Å². The standard InChI is InChI=1S/C22H25N3O8/c23-16(20(29)15-8-13(27)4-2-11(15)6-18(25)22(32)33)9-19(28)14-7-12(26)3-1-10(14)5-17(24)21(30)31/h1-4,7-8,16-18,26-27H,5-6,9,23-25H2,(H,30,31)(H,32,33). The smallest absolute Gasteiger partial charge is 0.320 e. The van der Waals surface area contributed by atoms with Gasteiger partial charge in [0.25, 0.3) is 0 Å². The van der Waals surface area contributed by atoms with Crippen LogP contribution in [-0.2, 0) is 22.4 Å². The van der Waals surface area contributed by atoms with Crippen molar-refractivity contribution in [1.82, 2.24) is 0 Å². The third-order valence-electron chi connectivity index (χ3n) is 5.01. The van der Waals surface area contributed by atoms with E-state index in [1.165, 1.54) is 24.3 Å². The van der Waals surface area contributed by atoms with E-state index in [1.54, 1.807) is 0 Å². The van der Waals surface area contributed by atoms with E-state index in [1.807, 2.05) is 0 Å². The first-order valence-corrected chi connectivity index (χ1v) is 9.84. The van der Waals surface area contributed by atoms with Crippen molar-refractivity contribution in [3.8, 4) is 11.5 Å². The molecule has 0 aliphatic heterocycles. The topological polar surface area (TPSA) is 227 Å². The minimum absolute atomic E-state index is 0.0287. The SMILES string of the molecule is NC(Cc1ccc(O)cc1C(=O)CC(N)C(=O)c1cc(O)ccc1CC(N)C(=O)O)C(=O)O. The summed E-state index contributed by atoms with van der Waals surface area (Å²) < 4.78 is 0. The molecule has 2 aromatic rings. The van der Waals surface area contributed by atoms with Crippen LogP contribution in [0.3, 0.4) is 0 Å². The summed E-state index contributed by atoms with van der Waals surface area (Å²) in [7, 11) is 0. The van der Waals surface area contributed by atoms with Crippen LogP contribution < -0.4 is 17.2 Å². The van der Waals surface area contributed by atoms with Crippen molar-refractivity contribution in [2.24, 2.45) is 17.2 Å². The highest BCUT2D eigenvalue weighted by molar-refractivity contribution is 6.07. The van der Waals surface area contributed by atoms with Gasteiger partial charge < -0.3 is 37.6 Å². The summed E-state index contributed by atoms with van der Waals surface area (Å²) in [5.41, 5.74) is 17.4. The van der Waals surface area contributed by atoms with E-state index in [9.17, 15) is 29.4 Å². The Balaban J connectivity index is 2.28. The molecule has 33 heavy (non-hydrogen) atoms. The molecule has 2 aromatic carbocycles. The van der Waals surface area contributed by atoms with Crippen LogP contribution in [-0.4, -0.2) is 62.1 Å². The first kappa shape index (κ1) is 25.5. The molecular weight excluding hydrogens is 434 g/mol. The monoisotopic (exact) mass is 459 g/mol. The lowest BCUT2D eigenvalue weighted by Gasteiger charge is -2.16. The number of nitrogens with two attached hydrogens (primary N) is 3. The number of benzene rings is 2. The average Bonchev–Trinajstić information content (AvgIpc) is 2.75. The van der Waals surface area contributed by atoms with E-state index >= 15 is 0 Å².